The van der Waals surface area contributed by atoms with Gasteiger partial charge in [-0.2, -0.15) is 0 Å². The molecule has 1 N–H and O–H groups in total. The first-order chi connectivity index (χ1) is 7.49. The van der Waals surface area contributed by atoms with Crippen LogP contribution >= 0.6 is 0 Å². The quantitative estimate of drug-likeness (QED) is 0.839. The SMILES string of the molecule is CCCC(C)(Oc1ccccc1F)C(=O)O. The molecule has 1 atom stereocenters. The van der Waals surface area contributed by atoms with Crippen LogP contribution in [0.5, 0.6) is 5.75 Å². The van der Waals surface area contributed by atoms with Crippen LogP contribution in [0.4, 0.5) is 4.39 Å². The lowest BCUT2D eigenvalue weighted by Gasteiger charge is -2.26. The van der Waals surface area contributed by atoms with Crippen molar-refractivity contribution in [2.75, 3.05) is 0 Å². The van der Waals surface area contributed by atoms with E-state index in [-0.39, 0.29) is 5.75 Å². The minimum atomic E-state index is -1.38. The van der Waals surface area contributed by atoms with Gasteiger partial charge in [0.1, 0.15) is 0 Å². The van der Waals surface area contributed by atoms with Crippen LogP contribution in [-0.2, 0) is 4.79 Å². The summed E-state index contributed by atoms with van der Waals surface area (Å²) in [5.74, 6) is -1.66. The second kappa shape index (κ2) is 4.96. The highest BCUT2D eigenvalue weighted by Gasteiger charge is 2.35. The molecule has 0 aliphatic rings. The normalized spacial score (nSPS) is 14.2. The molecule has 0 saturated carbocycles. The summed E-state index contributed by atoms with van der Waals surface area (Å²) in [7, 11) is 0. The second-order valence-electron chi connectivity index (χ2n) is 3.82. The standard InChI is InChI=1S/C12H15FO3/c1-3-8-12(2,11(14)15)16-10-7-5-4-6-9(10)13/h4-7H,3,8H2,1-2H3,(H,14,15). The van der Waals surface area contributed by atoms with E-state index in [1.165, 1.54) is 25.1 Å². The van der Waals surface area contributed by atoms with Gasteiger partial charge in [-0.15, -0.1) is 0 Å². The molecule has 1 unspecified atom stereocenters. The summed E-state index contributed by atoms with van der Waals surface area (Å²) in [5.41, 5.74) is -1.38. The Morgan fingerprint density at radius 3 is 2.62 bits per heavy atom. The molecule has 16 heavy (non-hydrogen) atoms. The number of carboxylic acid groups (broad SMARTS) is 1. The first-order valence-electron chi connectivity index (χ1n) is 5.16. The van der Waals surface area contributed by atoms with Crippen molar-refractivity contribution in [3.63, 3.8) is 0 Å². The Bertz CT molecular complexity index is 378. The largest absolute Gasteiger partial charge is 0.478 e. The lowest BCUT2D eigenvalue weighted by molar-refractivity contribution is -0.154. The van der Waals surface area contributed by atoms with Gasteiger partial charge < -0.3 is 9.84 Å². The summed E-state index contributed by atoms with van der Waals surface area (Å²) in [4.78, 5) is 11.1. The predicted octanol–water partition coefficient (Wildman–Crippen LogP) is 2.85. The van der Waals surface area contributed by atoms with Crippen LogP contribution in [0.1, 0.15) is 26.7 Å². The Morgan fingerprint density at radius 2 is 2.12 bits per heavy atom. The summed E-state index contributed by atoms with van der Waals surface area (Å²) >= 11 is 0. The molecule has 0 radical (unpaired) electrons. The first-order valence-corrected chi connectivity index (χ1v) is 5.16. The Hall–Kier alpha value is -1.58. The van der Waals surface area contributed by atoms with Crippen molar-refractivity contribution in [3.05, 3.63) is 30.1 Å². The summed E-state index contributed by atoms with van der Waals surface area (Å²) in [6, 6.07) is 5.79. The van der Waals surface area contributed by atoms with E-state index in [0.717, 1.165) is 0 Å². The summed E-state index contributed by atoms with van der Waals surface area (Å²) < 4.78 is 18.6. The van der Waals surface area contributed by atoms with Gasteiger partial charge in [0, 0.05) is 0 Å². The van der Waals surface area contributed by atoms with Crippen molar-refractivity contribution in [1.29, 1.82) is 0 Å². The van der Waals surface area contributed by atoms with Crippen molar-refractivity contribution < 1.29 is 19.0 Å². The van der Waals surface area contributed by atoms with E-state index in [1.54, 1.807) is 6.07 Å². The predicted molar refractivity (Wildman–Crippen MR) is 58.0 cm³/mol. The number of carbonyl (C=O) groups is 1. The topological polar surface area (TPSA) is 46.5 Å². The van der Waals surface area contributed by atoms with E-state index in [2.05, 4.69) is 0 Å². The van der Waals surface area contributed by atoms with E-state index in [1.807, 2.05) is 6.92 Å². The van der Waals surface area contributed by atoms with Gasteiger partial charge >= 0.3 is 5.97 Å². The molecule has 0 aromatic heterocycles. The number of benzene rings is 1. The summed E-state index contributed by atoms with van der Waals surface area (Å²) in [5, 5.41) is 9.07. The monoisotopic (exact) mass is 226 g/mol. The number of ether oxygens (including phenoxy) is 1. The average Bonchev–Trinajstić information content (AvgIpc) is 2.21. The van der Waals surface area contributed by atoms with Gasteiger partial charge in [-0.25, -0.2) is 9.18 Å². The molecule has 3 nitrogen and oxygen atoms in total. The average molecular weight is 226 g/mol. The van der Waals surface area contributed by atoms with E-state index in [0.29, 0.717) is 12.8 Å². The van der Waals surface area contributed by atoms with Gasteiger partial charge in [0.15, 0.2) is 11.6 Å². The van der Waals surface area contributed by atoms with Crippen LogP contribution < -0.4 is 4.74 Å². The molecule has 0 spiro atoms. The first kappa shape index (κ1) is 12.5. The van der Waals surface area contributed by atoms with Gasteiger partial charge in [0.25, 0.3) is 0 Å². The van der Waals surface area contributed by atoms with E-state index in [4.69, 9.17) is 9.84 Å². The molecule has 0 aliphatic carbocycles. The maximum atomic E-state index is 13.3. The molecule has 0 bridgehead atoms. The molecule has 4 heteroatoms. The number of rotatable bonds is 5. The lowest BCUT2D eigenvalue weighted by Crippen LogP contribution is -2.41. The molecular formula is C12H15FO3. The Morgan fingerprint density at radius 1 is 1.50 bits per heavy atom. The number of carboxylic acids is 1. The fourth-order valence-corrected chi connectivity index (χ4v) is 1.45. The van der Waals surface area contributed by atoms with Crippen molar-refractivity contribution in [3.8, 4) is 5.75 Å². The zero-order chi connectivity index (χ0) is 12.2. The van der Waals surface area contributed by atoms with Gasteiger partial charge in [0.2, 0.25) is 5.60 Å². The van der Waals surface area contributed by atoms with Crippen LogP contribution in [0.25, 0.3) is 0 Å². The Kier molecular flexibility index (Phi) is 3.88. The number of aliphatic carboxylic acids is 1. The summed E-state index contributed by atoms with van der Waals surface area (Å²) in [6.45, 7) is 3.30. The Labute approximate surface area is 93.9 Å². The number of hydrogen-bond acceptors (Lipinski definition) is 2. The van der Waals surface area contributed by atoms with Crippen molar-refractivity contribution in [2.45, 2.75) is 32.3 Å². The van der Waals surface area contributed by atoms with E-state index < -0.39 is 17.4 Å². The van der Waals surface area contributed by atoms with E-state index >= 15 is 0 Å². The zero-order valence-electron chi connectivity index (χ0n) is 9.37. The Balaban J connectivity index is 2.92. The van der Waals surface area contributed by atoms with Crippen molar-refractivity contribution in [2.24, 2.45) is 0 Å². The highest BCUT2D eigenvalue weighted by atomic mass is 19.1. The minimum Gasteiger partial charge on any atom is -0.478 e. The molecule has 0 saturated heterocycles. The lowest BCUT2D eigenvalue weighted by atomic mass is 10.0. The van der Waals surface area contributed by atoms with Gasteiger partial charge in [0.05, 0.1) is 0 Å². The smallest absolute Gasteiger partial charge is 0.347 e. The van der Waals surface area contributed by atoms with Crippen LogP contribution in [-0.4, -0.2) is 16.7 Å². The molecule has 1 aromatic rings. The zero-order valence-corrected chi connectivity index (χ0v) is 9.37. The molecule has 0 fully saturated rings. The molecule has 1 aromatic carbocycles. The molecule has 0 aliphatic heterocycles. The fourth-order valence-electron chi connectivity index (χ4n) is 1.45. The van der Waals surface area contributed by atoms with Crippen molar-refractivity contribution in [1.82, 2.24) is 0 Å². The van der Waals surface area contributed by atoms with E-state index in [9.17, 15) is 9.18 Å². The van der Waals surface area contributed by atoms with Gasteiger partial charge in [-0.3, -0.25) is 0 Å². The maximum Gasteiger partial charge on any atom is 0.347 e. The fraction of sp³-hybridized carbons (Fsp3) is 0.417. The highest BCUT2D eigenvalue weighted by molar-refractivity contribution is 5.77. The molecule has 0 amide bonds. The third-order valence-corrected chi connectivity index (χ3v) is 2.35. The maximum absolute atomic E-state index is 13.3. The number of halogens is 1. The van der Waals surface area contributed by atoms with Crippen LogP contribution in [0.2, 0.25) is 0 Å². The molecule has 88 valence electrons. The summed E-state index contributed by atoms with van der Waals surface area (Å²) in [6.07, 6.45) is 0.980. The van der Waals surface area contributed by atoms with Crippen LogP contribution in [0.15, 0.2) is 24.3 Å². The number of para-hydroxylation sites is 1. The van der Waals surface area contributed by atoms with Gasteiger partial charge in [-0.1, -0.05) is 25.5 Å². The van der Waals surface area contributed by atoms with Crippen LogP contribution in [0, 0.1) is 5.82 Å². The third-order valence-electron chi connectivity index (χ3n) is 2.35. The minimum absolute atomic E-state index is 0.0270. The van der Waals surface area contributed by atoms with Crippen molar-refractivity contribution >= 4 is 5.97 Å². The number of hydrogen-bond donors (Lipinski definition) is 1. The molecule has 0 heterocycles. The second-order valence-corrected chi connectivity index (χ2v) is 3.82. The third kappa shape index (κ3) is 2.72. The highest BCUT2D eigenvalue weighted by Crippen LogP contribution is 2.25. The van der Waals surface area contributed by atoms with Gasteiger partial charge in [-0.05, 0) is 25.5 Å². The van der Waals surface area contributed by atoms with Crippen LogP contribution in [0.3, 0.4) is 0 Å². The molecular weight excluding hydrogens is 211 g/mol. The molecule has 1 rings (SSSR count).